The van der Waals surface area contributed by atoms with Crippen molar-refractivity contribution in [2.45, 2.75) is 34.1 Å². The van der Waals surface area contributed by atoms with Crippen LogP contribution in [0.4, 0.5) is 0 Å². The van der Waals surface area contributed by atoms with Gasteiger partial charge < -0.3 is 10.0 Å². The Morgan fingerprint density at radius 2 is 1.86 bits per heavy atom. The summed E-state index contributed by atoms with van der Waals surface area (Å²) in [6, 6.07) is 0. The predicted molar refractivity (Wildman–Crippen MR) is 63.9 cm³/mol. The molecule has 0 aliphatic rings. The Balaban J connectivity index is 0. The summed E-state index contributed by atoms with van der Waals surface area (Å²) in [4.78, 5) is 0. The Morgan fingerprint density at radius 3 is 2.07 bits per heavy atom. The number of allylic oxidation sites excluding steroid dienone is 5. The van der Waals surface area contributed by atoms with Gasteiger partial charge in [-0.25, -0.2) is 0 Å². The summed E-state index contributed by atoms with van der Waals surface area (Å²) < 4.78 is 0. The summed E-state index contributed by atoms with van der Waals surface area (Å²) in [6.07, 6.45) is 5.99. The van der Waals surface area contributed by atoms with Crippen LogP contribution in [0.3, 0.4) is 0 Å². The van der Waals surface area contributed by atoms with E-state index in [0.29, 0.717) is 5.47 Å². The van der Waals surface area contributed by atoms with Gasteiger partial charge in [-0.05, 0) is 18.8 Å². The van der Waals surface area contributed by atoms with Crippen LogP contribution in [0.1, 0.15) is 34.1 Å². The highest BCUT2D eigenvalue weighted by atomic mass is 16.4. The van der Waals surface area contributed by atoms with E-state index in [9.17, 15) is 0 Å². The fourth-order valence-electron chi connectivity index (χ4n) is 0.842. The normalized spacial score (nSPS) is 11.6. The maximum Gasteiger partial charge on any atom is 0.488 e. The topological polar surface area (TPSA) is 40.5 Å². The van der Waals surface area contributed by atoms with E-state index >= 15 is 0 Å². The fraction of sp³-hybridized carbons (Fsp3) is 0.455. The summed E-state index contributed by atoms with van der Waals surface area (Å²) in [7, 11) is -1.43. The van der Waals surface area contributed by atoms with Gasteiger partial charge in [0, 0.05) is 0 Å². The molecule has 0 aromatic rings. The SMILES string of the molecule is C=C/C(=C\C(=C/C)CC)B(O)O.CC. The lowest BCUT2D eigenvalue weighted by atomic mass is 9.78. The molecule has 0 aliphatic carbocycles. The average Bonchev–Trinajstić information content (AvgIpc) is 2.22. The molecule has 0 saturated heterocycles. The summed E-state index contributed by atoms with van der Waals surface area (Å²) in [5.74, 6) is 0. The molecule has 80 valence electrons. The average molecular weight is 196 g/mol. The van der Waals surface area contributed by atoms with Crippen molar-refractivity contribution in [1.82, 2.24) is 0 Å². The number of hydrogen-bond acceptors (Lipinski definition) is 2. The minimum absolute atomic E-state index is 0.435. The van der Waals surface area contributed by atoms with Crippen LogP contribution in [0.25, 0.3) is 0 Å². The fourth-order valence-corrected chi connectivity index (χ4v) is 0.842. The molecule has 0 rings (SSSR count). The molecule has 14 heavy (non-hydrogen) atoms. The van der Waals surface area contributed by atoms with Crippen LogP contribution in [-0.4, -0.2) is 17.2 Å². The Kier molecular flexibility index (Phi) is 11.5. The third kappa shape index (κ3) is 6.69. The Morgan fingerprint density at radius 1 is 1.36 bits per heavy atom. The van der Waals surface area contributed by atoms with Crippen LogP contribution >= 0.6 is 0 Å². The van der Waals surface area contributed by atoms with E-state index in [-0.39, 0.29) is 0 Å². The van der Waals surface area contributed by atoms with Crippen molar-refractivity contribution < 1.29 is 10.0 Å². The van der Waals surface area contributed by atoms with E-state index in [1.165, 1.54) is 6.08 Å². The molecular weight excluding hydrogens is 175 g/mol. The predicted octanol–water partition coefficient (Wildman–Crippen LogP) is 2.49. The van der Waals surface area contributed by atoms with Gasteiger partial charge in [0.1, 0.15) is 0 Å². The molecule has 0 aromatic heterocycles. The first-order valence-electron chi connectivity index (χ1n) is 5.01. The molecule has 0 atom stereocenters. The molecule has 0 radical (unpaired) electrons. The van der Waals surface area contributed by atoms with Crippen molar-refractivity contribution in [2.75, 3.05) is 0 Å². The summed E-state index contributed by atoms with van der Waals surface area (Å²) >= 11 is 0. The molecule has 0 aliphatic heterocycles. The Bertz CT molecular complexity index is 205. The first-order valence-corrected chi connectivity index (χ1v) is 5.01. The van der Waals surface area contributed by atoms with Crippen LogP contribution in [-0.2, 0) is 0 Å². The molecule has 0 heterocycles. The zero-order chi connectivity index (χ0) is 11.6. The molecule has 2 N–H and O–H groups in total. The zero-order valence-electron chi connectivity index (χ0n) is 9.62. The minimum atomic E-state index is -1.43. The van der Waals surface area contributed by atoms with Gasteiger partial charge >= 0.3 is 7.12 Å². The zero-order valence-corrected chi connectivity index (χ0v) is 9.62. The molecule has 0 bridgehead atoms. The maximum atomic E-state index is 8.84. The molecule has 0 fully saturated rings. The van der Waals surface area contributed by atoms with E-state index in [1.807, 2.05) is 33.8 Å². The smallest absolute Gasteiger partial charge is 0.423 e. The largest absolute Gasteiger partial charge is 0.488 e. The Hall–Kier alpha value is -0.795. The van der Waals surface area contributed by atoms with Crippen LogP contribution in [0.5, 0.6) is 0 Å². The van der Waals surface area contributed by atoms with Crippen LogP contribution in [0.15, 0.2) is 35.9 Å². The van der Waals surface area contributed by atoms with Gasteiger partial charge in [-0.15, -0.1) is 0 Å². The van der Waals surface area contributed by atoms with Gasteiger partial charge in [-0.2, -0.15) is 0 Å². The van der Waals surface area contributed by atoms with E-state index < -0.39 is 7.12 Å². The lowest BCUT2D eigenvalue weighted by Gasteiger charge is -2.01. The van der Waals surface area contributed by atoms with Gasteiger partial charge in [0.05, 0.1) is 0 Å². The highest BCUT2D eigenvalue weighted by Gasteiger charge is 2.10. The van der Waals surface area contributed by atoms with E-state index in [0.717, 1.165) is 12.0 Å². The second-order valence-corrected chi connectivity index (χ2v) is 2.44. The third-order valence-corrected chi connectivity index (χ3v) is 1.66. The van der Waals surface area contributed by atoms with E-state index in [2.05, 4.69) is 6.58 Å². The monoisotopic (exact) mass is 196 g/mol. The number of rotatable bonds is 4. The van der Waals surface area contributed by atoms with Gasteiger partial charge in [0.2, 0.25) is 0 Å². The lowest BCUT2D eigenvalue weighted by Crippen LogP contribution is -2.13. The van der Waals surface area contributed by atoms with Gasteiger partial charge in [0.25, 0.3) is 0 Å². The standard InChI is InChI=1S/C9H15BO2.C2H6/c1-4-8(5-2)7-9(6-3)10(11)12;1-2/h4,6-7,11-12H,3,5H2,1-2H3;1-2H3/b8-4-,9-7+;. The highest BCUT2D eigenvalue weighted by Crippen LogP contribution is 2.08. The molecule has 0 unspecified atom stereocenters. The molecule has 0 saturated carbocycles. The first-order chi connectivity index (χ1) is 6.65. The molecule has 0 aromatic carbocycles. The van der Waals surface area contributed by atoms with Gasteiger partial charge in [-0.3, -0.25) is 0 Å². The minimum Gasteiger partial charge on any atom is -0.423 e. The van der Waals surface area contributed by atoms with Crippen LogP contribution in [0, 0.1) is 0 Å². The van der Waals surface area contributed by atoms with Crippen molar-refractivity contribution >= 4 is 7.12 Å². The molecule has 3 heteroatoms. The van der Waals surface area contributed by atoms with Gasteiger partial charge in [-0.1, -0.05) is 51.2 Å². The van der Waals surface area contributed by atoms with Crippen molar-refractivity contribution in [3.63, 3.8) is 0 Å². The highest BCUT2D eigenvalue weighted by molar-refractivity contribution is 6.51. The van der Waals surface area contributed by atoms with Gasteiger partial charge in [0.15, 0.2) is 0 Å². The maximum absolute atomic E-state index is 8.84. The van der Waals surface area contributed by atoms with Crippen LogP contribution in [0.2, 0.25) is 0 Å². The molecule has 0 amide bonds. The Labute approximate surface area is 87.8 Å². The van der Waals surface area contributed by atoms with E-state index in [1.54, 1.807) is 6.08 Å². The lowest BCUT2D eigenvalue weighted by molar-refractivity contribution is 0.420. The first kappa shape index (κ1) is 15.7. The summed E-state index contributed by atoms with van der Waals surface area (Å²) in [5.41, 5.74) is 1.50. The van der Waals surface area contributed by atoms with E-state index in [4.69, 9.17) is 10.0 Å². The molecular formula is C11H21BO2. The van der Waals surface area contributed by atoms with Crippen molar-refractivity contribution in [1.29, 1.82) is 0 Å². The summed E-state index contributed by atoms with van der Waals surface area (Å²) in [6.45, 7) is 11.4. The molecule has 2 nitrogen and oxygen atoms in total. The summed E-state index contributed by atoms with van der Waals surface area (Å²) in [5, 5.41) is 17.7. The van der Waals surface area contributed by atoms with Crippen molar-refractivity contribution in [2.24, 2.45) is 0 Å². The number of hydrogen-bond donors (Lipinski definition) is 2. The second-order valence-electron chi connectivity index (χ2n) is 2.44. The molecule has 0 spiro atoms. The van der Waals surface area contributed by atoms with Crippen molar-refractivity contribution in [3.8, 4) is 0 Å². The quantitative estimate of drug-likeness (QED) is 0.535. The second kappa shape index (κ2) is 10.3. The third-order valence-electron chi connectivity index (χ3n) is 1.66. The van der Waals surface area contributed by atoms with Crippen molar-refractivity contribution in [3.05, 3.63) is 35.9 Å². The van der Waals surface area contributed by atoms with Crippen LogP contribution < -0.4 is 0 Å².